The number of halogens is 3. The number of hydrogen-bond acceptors (Lipinski definition) is 2. The predicted octanol–water partition coefficient (Wildman–Crippen LogP) is 7.23. The Kier molecular flexibility index (Phi) is 6.22. The van der Waals surface area contributed by atoms with Gasteiger partial charge in [0.2, 0.25) is 5.78 Å². The Bertz CT molecular complexity index is 1450. The van der Waals surface area contributed by atoms with Crippen LogP contribution >= 0.6 is 34.8 Å². The summed E-state index contributed by atoms with van der Waals surface area (Å²) in [7, 11) is 0. The third-order valence-corrected chi connectivity index (χ3v) is 6.82. The van der Waals surface area contributed by atoms with Crippen LogP contribution in [-0.4, -0.2) is 20.1 Å². The van der Waals surface area contributed by atoms with E-state index in [1.165, 1.54) is 0 Å². The average molecular weight is 524 g/mol. The molecule has 0 aliphatic carbocycles. The van der Waals surface area contributed by atoms with Gasteiger partial charge in [-0.05, 0) is 59.5 Å². The van der Waals surface area contributed by atoms with Crippen LogP contribution in [0.5, 0.6) is 0 Å². The normalized spacial score (nSPS) is 13.1. The summed E-state index contributed by atoms with van der Waals surface area (Å²) in [6, 6.07) is 26.9. The van der Waals surface area contributed by atoms with Gasteiger partial charge in [-0.1, -0.05) is 89.4 Å². The molecule has 0 spiro atoms. The van der Waals surface area contributed by atoms with Crippen LogP contribution in [-0.2, 0) is 13.1 Å². The van der Waals surface area contributed by atoms with Crippen LogP contribution < -0.4 is 4.90 Å². The number of Topliss-reactive ketones (excluding diaryl/α,β-unsaturated/α-hetero) is 1. The van der Waals surface area contributed by atoms with Crippen LogP contribution in [0.15, 0.2) is 84.9 Å². The average Bonchev–Trinajstić information content (AvgIpc) is 3.15. The first-order valence-corrected chi connectivity index (χ1v) is 12.2. The molecule has 0 saturated carbocycles. The van der Waals surface area contributed by atoms with E-state index in [1.807, 2.05) is 65.2 Å². The van der Waals surface area contributed by atoms with Crippen molar-refractivity contribution in [1.29, 1.82) is 0 Å². The number of fused-ring (bicyclic) bond motifs is 2. The van der Waals surface area contributed by atoms with E-state index in [9.17, 15) is 9.59 Å². The lowest BCUT2D eigenvalue weighted by Crippen LogP contribution is -2.30. The molecule has 7 heteroatoms. The van der Waals surface area contributed by atoms with E-state index in [0.717, 1.165) is 33.6 Å². The fourth-order valence-electron chi connectivity index (χ4n) is 4.56. The summed E-state index contributed by atoms with van der Waals surface area (Å²) < 4.78 is -0.244. The molecule has 0 radical (unpaired) electrons. The van der Waals surface area contributed by atoms with Crippen LogP contribution in [0.2, 0.25) is 0 Å². The number of hydrogen-bond donors (Lipinski definition) is 0. The lowest BCUT2D eigenvalue weighted by Gasteiger charge is -2.23. The number of benzene rings is 3. The number of ketones is 1. The lowest BCUT2D eigenvalue weighted by atomic mass is 9.98. The van der Waals surface area contributed by atoms with Crippen molar-refractivity contribution in [3.8, 4) is 11.1 Å². The van der Waals surface area contributed by atoms with Gasteiger partial charge in [0, 0.05) is 16.9 Å². The molecule has 1 aliphatic rings. The van der Waals surface area contributed by atoms with E-state index in [1.54, 1.807) is 17.0 Å². The molecule has 2 heterocycles. The van der Waals surface area contributed by atoms with Crippen LogP contribution in [0.25, 0.3) is 11.1 Å². The first-order chi connectivity index (χ1) is 16.7. The number of rotatable bonds is 3. The maximum atomic E-state index is 13.9. The number of carbonyl (C=O) groups excluding carboxylic acids is 2. The maximum absolute atomic E-state index is 13.9. The van der Waals surface area contributed by atoms with Gasteiger partial charge in [-0.15, -0.1) is 0 Å². The number of anilines is 1. The van der Waals surface area contributed by atoms with Gasteiger partial charge in [0.15, 0.2) is 0 Å². The highest BCUT2D eigenvalue weighted by Crippen LogP contribution is 2.35. The number of aryl methyl sites for hydroxylation is 1. The van der Waals surface area contributed by atoms with Gasteiger partial charge in [-0.2, -0.15) is 0 Å². The van der Waals surface area contributed by atoms with Gasteiger partial charge in [-0.25, -0.2) is 0 Å². The minimum absolute atomic E-state index is 0.128. The standard InChI is InChI=1S/C28H21Cl3N2O2/c1-18-7-2-4-11-23(18)19-9-6-10-20(15-19)27(35)33-17-22-13-14-25(26(34)28(29,30)31)32(22)16-21-8-3-5-12-24(21)33/h2-15H,16-17H2,1H3. The van der Waals surface area contributed by atoms with Crippen LogP contribution in [0.4, 0.5) is 5.69 Å². The third kappa shape index (κ3) is 4.50. The van der Waals surface area contributed by atoms with Gasteiger partial charge in [-0.3, -0.25) is 9.59 Å². The summed E-state index contributed by atoms with van der Waals surface area (Å²) in [5.41, 5.74) is 6.55. The van der Waals surface area contributed by atoms with Crippen molar-refractivity contribution >= 4 is 52.2 Å². The summed E-state index contributed by atoms with van der Waals surface area (Å²) in [4.78, 5) is 28.4. The highest BCUT2D eigenvalue weighted by atomic mass is 35.6. The molecule has 0 bridgehead atoms. The predicted molar refractivity (Wildman–Crippen MR) is 142 cm³/mol. The van der Waals surface area contributed by atoms with E-state index < -0.39 is 9.58 Å². The monoisotopic (exact) mass is 522 g/mol. The molecule has 4 aromatic rings. The lowest BCUT2D eigenvalue weighted by molar-refractivity contribution is 0.0981. The summed E-state index contributed by atoms with van der Waals surface area (Å²) in [6.07, 6.45) is 0. The van der Waals surface area contributed by atoms with Crippen molar-refractivity contribution in [2.24, 2.45) is 0 Å². The van der Waals surface area contributed by atoms with Crippen molar-refractivity contribution in [3.63, 3.8) is 0 Å². The zero-order valence-electron chi connectivity index (χ0n) is 18.8. The van der Waals surface area contributed by atoms with Gasteiger partial charge < -0.3 is 9.47 Å². The fourth-order valence-corrected chi connectivity index (χ4v) is 4.85. The van der Waals surface area contributed by atoms with Crippen LogP contribution in [0.3, 0.4) is 0 Å². The van der Waals surface area contributed by atoms with Crippen molar-refractivity contribution in [3.05, 3.63) is 113 Å². The molecule has 0 atom stereocenters. The Morgan fingerprint density at radius 1 is 0.829 bits per heavy atom. The van der Waals surface area contributed by atoms with E-state index in [4.69, 9.17) is 34.8 Å². The smallest absolute Gasteiger partial charge is 0.258 e. The third-order valence-electron chi connectivity index (χ3n) is 6.30. The minimum atomic E-state index is -2.06. The van der Waals surface area contributed by atoms with Gasteiger partial charge in [0.05, 0.1) is 18.8 Å². The van der Waals surface area contributed by atoms with E-state index in [0.29, 0.717) is 17.8 Å². The Balaban J connectivity index is 1.57. The van der Waals surface area contributed by atoms with E-state index in [2.05, 4.69) is 19.1 Å². The Morgan fingerprint density at radius 3 is 2.34 bits per heavy atom. The molecule has 3 aromatic carbocycles. The molecule has 0 saturated heterocycles. The van der Waals surface area contributed by atoms with Crippen molar-refractivity contribution in [1.82, 2.24) is 4.57 Å². The summed E-state index contributed by atoms with van der Waals surface area (Å²) >= 11 is 17.7. The molecule has 0 N–H and O–H groups in total. The molecular weight excluding hydrogens is 503 g/mol. The molecule has 1 aliphatic heterocycles. The van der Waals surface area contributed by atoms with Crippen molar-refractivity contribution < 1.29 is 9.59 Å². The quantitative estimate of drug-likeness (QED) is 0.210. The first-order valence-electron chi connectivity index (χ1n) is 11.1. The second-order valence-electron chi connectivity index (χ2n) is 8.54. The number of alkyl halides is 3. The van der Waals surface area contributed by atoms with Crippen molar-refractivity contribution in [2.75, 3.05) is 4.90 Å². The molecule has 5 rings (SSSR count). The van der Waals surface area contributed by atoms with Gasteiger partial charge in [0.25, 0.3) is 9.70 Å². The topological polar surface area (TPSA) is 42.3 Å². The second kappa shape index (κ2) is 9.19. The number of para-hydroxylation sites is 1. The zero-order chi connectivity index (χ0) is 24.7. The van der Waals surface area contributed by atoms with Crippen LogP contribution in [0, 0.1) is 6.92 Å². The Morgan fingerprint density at radius 2 is 1.57 bits per heavy atom. The molecule has 4 nitrogen and oxygen atoms in total. The SMILES string of the molecule is Cc1ccccc1-c1cccc(C(=O)N2Cc3ccc(C(=O)C(Cl)(Cl)Cl)n3Cc3ccccc32)c1. The van der Waals surface area contributed by atoms with Gasteiger partial charge >= 0.3 is 0 Å². The first kappa shape index (κ1) is 23.7. The second-order valence-corrected chi connectivity index (χ2v) is 10.8. The largest absolute Gasteiger partial charge is 0.336 e. The molecule has 35 heavy (non-hydrogen) atoms. The number of amides is 1. The fraction of sp³-hybridized carbons (Fsp3) is 0.143. The zero-order valence-corrected chi connectivity index (χ0v) is 21.1. The molecule has 0 unspecified atom stereocenters. The molecule has 1 amide bonds. The number of nitrogens with zero attached hydrogens (tertiary/aromatic N) is 2. The van der Waals surface area contributed by atoms with Crippen molar-refractivity contribution in [2.45, 2.75) is 23.8 Å². The molecule has 0 fully saturated rings. The number of carbonyl (C=O) groups is 2. The van der Waals surface area contributed by atoms with Gasteiger partial charge in [0.1, 0.15) is 0 Å². The molecule has 1 aromatic heterocycles. The summed E-state index contributed by atoms with van der Waals surface area (Å²) in [5.74, 6) is -0.728. The number of aromatic nitrogens is 1. The minimum Gasteiger partial charge on any atom is -0.336 e. The summed E-state index contributed by atoms with van der Waals surface area (Å²) in [6.45, 7) is 2.71. The Labute approximate surface area is 218 Å². The Hall–Kier alpha value is -3.05. The van der Waals surface area contributed by atoms with Crippen LogP contribution in [0.1, 0.15) is 37.7 Å². The molecular formula is C28H21Cl3N2O2. The molecule has 176 valence electrons. The highest BCUT2D eigenvalue weighted by Gasteiger charge is 2.35. The van der Waals surface area contributed by atoms with E-state index in [-0.39, 0.29) is 12.5 Å². The maximum Gasteiger partial charge on any atom is 0.258 e. The summed E-state index contributed by atoms with van der Waals surface area (Å²) in [5, 5.41) is 0. The highest BCUT2D eigenvalue weighted by molar-refractivity contribution is 6.77. The van der Waals surface area contributed by atoms with E-state index >= 15 is 0 Å².